The van der Waals surface area contributed by atoms with E-state index in [0.717, 1.165) is 33.9 Å². The van der Waals surface area contributed by atoms with Crippen molar-refractivity contribution < 1.29 is 0 Å². The summed E-state index contributed by atoms with van der Waals surface area (Å²) in [5.41, 5.74) is 3.27. The van der Waals surface area contributed by atoms with Crippen molar-refractivity contribution in [2.24, 2.45) is 0 Å². The minimum absolute atomic E-state index is 0.808. The molecule has 0 aliphatic heterocycles. The number of hydrogen-bond donors (Lipinski definition) is 1. The van der Waals surface area contributed by atoms with Gasteiger partial charge in [-0.1, -0.05) is 0 Å². The summed E-state index contributed by atoms with van der Waals surface area (Å²) in [7, 11) is 6.30. The average Bonchev–Trinajstić information content (AvgIpc) is 3.16. The molecule has 2 aromatic heterocycles. The maximum Gasteiger partial charge on any atom is 0.132 e. The van der Waals surface area contributed by atoms with Crippen LogP contribution in [0.15, 0.2) is 55.2 Å². The summed E-state index contributed by atoms with van der Waals surface area (Å²) < 4.78 is 3.06. The number of nitrogens with zero attached hydrogens (tertiary/aromatic N) is 5. The Morgan fingerprint density at radius 3 is 2.54 bits per heavy atom. The lowest BCUT2D eigenvalue weighted by Gasteiger charge is -2.21. The van der Waals surface area contributed by atoms with Gasteiger partial charge in [-0.3, -0.25) is 0 Å². The summed E-state index contributed by atoms with van der Waals surface area (Å²) in [6, 6.07) is 10.4. The molecule has 0 atom stereocenters. The Morgan fingerprint density at radius 1 is 1.12 bits per heavy atom. The van der Waals surface area contributed by atoms with Crippen LogP contribution in [0.4, 0.5) is 17.2 Å². The summed E-state index contributed by atoms with van der Waals surface area (Å²) in [6.45, 7) is 2.02. The Hall–Kier alpha value is -2.13. The number of nitrogens with one attached hydrogen (secondary N) is 1. The van der Waals surface area contributed by atoms with Crippen LogP contribution in [0.25, 0.3) is 5.69 Å². The number of aromatic nitrogens is 3. The molecule has 1 aromatic carbocycles. The van der Waals surface area contributed by atoms with Gasteiger partial charge < -0.3 is 19.7 Å². The summed E-state index contributed by atoms with van der Waals surface area (Å²) >= 11 is 2.29. The van der Waals surface area contributed by atoms with Gasteiger partial charge in [0.2, 0.25) is 0 Å². The number of benzene rings is 1. The second kappa shape index (κ2) is 8.50. The Morgan fingerprint density at radius 2 is 1.88 bits per heavy atom. The fourth-order valence-electron chi connectivity index (χ4n) is 2.52. The predicted molar refractivity (Wildman–Crippen MR) is 116 cm³/mol. The molecule has 6 nitrogen and oxygen atoms in total. The van der Waals surface area contributed by atoms with Crippen LogP contribution in [-0.4, -0.2) is 53.7 Å². The van der Waals surface area contributed by atoms with Crippen LogP contribution >= 0.6 is 22.6 Å². The third-order valence-electron chi connectivity index (χ3n) is 4.08. The molecule has 0 radical (unpaired) electrons. The van der Waals surface area contributed by atoms with Crippen molar-refractivity contribution in [2.75, 3.05) is 44.4 Å². The first-order chi connectivity index (χ1) is 12.5. The van der Waals surface area contributed by atoms with Crippen LogP contribution in [-0.2, 0) is 0 Å². The van der Waals surface area contributed by atoms with Crippen LogP contribution in [0.3, 0.4) is 0 Å². The molecule has 0 spiro atoms. The molecule has 0 bridgehead atoms. The minimum atomic E-state index is 0.808. The molecule has 0 fully saturated rings. The van der Waals surface area contributed by atoms with E-state index in [9.17, 15) is 0 Å². The van der Waals surface area contributed by atoms with E-state index < -0.39 is 0 Å². The van der Waals surface area contributed by atoms with E-state index >= 15 is 0 Å². The van der Waals surface area contributed by atoms with E-state index in [2.05, 4.69) is 93.1 Å². The van der Waals surface area contributed by atoms with Gasteiger partial charge in [-0.05, 0) is 61.0 Å². The van der Waals surface area contributed by atoms with Gasteiger partial charge in [0.25, 0.3) is 0 Å². The highest BCUT2D eigenvalue weighted by Crippen LogP contribution is 2.23. The summed E-state index contributed by atoms with van der Waals surface area (Å²) in [4.78, 5) is 13.0. The number of halogens is 1. The first kappa shape index (κ1) is 18.7. The first-order valence-corrected chi connectivity index (χ1v) is 9.47. The van der Waals surface area contributed by atoms with Gasteiger partial charge in [0.15, 0.2) is 0 Å². The van der Waals surface area contributed by atoms with E-state index in [0.29, 0.717) is 0 Å². The molecule has 0 saturated heterocycles. The molecule has 136 valence electrons. The molecule has 1 N–H and O–H groups in total. The van der Waals surface area contributed by atoms with Crippen LogP contribution in [0, 0.1) is 3.57 Å². The van der Waals surface area contributed by atoms with Crippen molar-refractivity contribution in [3.8, 4) is 5.69 Å². The van der Waals surface area contributed by atoms with Gasteiger partial charge in [-0.15, -0.1) is 0 Å². The molecule has 3 rings (SSSR count). The maximum absolute atomic E-state index is 4.48. The van der Waals surface area contributed by atoms with E-state index in [4.69, 9.17) is 0 Å². The standard InChI is InChI=1S/C19H23IN6/c1-24(2)10-11-25(3)16-6-4-15(5-7-16)23-19-12-18(17(20)13-22-19)26-9-8-21-14-26/h4-9,12-14H,10-11H2,1-3H3,(H,22,23). The van der Waals surface area contributed by atoms with Gasteiger partial charge in [0, 0.05) is 56.2 Å². The Bertz CT molecular complexity index is 830. The zero-order valence-corrected chi connectivity index (χ0v) is 17.4. The molecule has 2 heterocycles. The second-order valence-electron chi connectivity index (χ2n) is 6.39. The highest BCUT2D eigenvalue weighted by molar-refractivity contribution is 14.1. The van der Waals surface area contributed by atoms with Gasteiger partial charge >= 0.3 is 0 Å². The zero-order valence-electron chi connectivity index (χ0n) is 15.2. The highest BCUT2D eigenvalue weighted by Gasteiger charge is 2.06. The van der Waals surface area contributed by atoms with Crippen LogP contribution in [0.5, 0.6) is 0 Å². The molecule has 0 aliphatic rings. The molecule has 7 heteroatoms. The molecule has 0 saturated carbocycles. The van der Waals surface area contributed by atoms with Gasteiger partial charge in [0.05, 0.1) is 15.6 Å². The van der Waals surface area contributed by atoms with Gasteiger partial charge in [-0.2, -0.15) is 0 Å². The lowest BCUT2D eigenvalue weighted by Crippen LogP contribution is -2.28. The number of hydrogen-bond acceptors (Lipinski definition) is 5. The topological polar surface area (TPSA) is 49.2 Å². The van der Waals surface area contributed by atoms with Crippen molar-refractivity contribution in [3.63, 3.8) is 0 Å². The maximum atomic E-state index is 4.48. The van der Waals surface area contributed by atoms with Crippen LogP contribution < -0.4 is 10.2 Å². The smallest absolute Gasteiger partial charge is 0.132 e. The minimum Gasteiger partial charge on any atom is -0.373 e. The van der Waals surface area contributed by atoms with Crippen molar-refractivity contribution in [3.05, 3.63) is 58.8 Å². The number of likely N-dealkylation sites (N-methyl/N-ethyl adjacent to an activating group) is 2. The summed E-state index contributed by atoms with van der Waals surface area (Å²) in [5, 5.41) is 3.37. The van der Waals surface area contributed by atoms with Gasteiger partial charge in [-0.25, -0.2) is 9.97 Å². The fraction of sp³-hybridized carbons (Fsp3) is 0.263. The number of anilines is 3. The number of imidazole rings is 1. The Kier molecular flexibility index (Phi) is 6.10. The molecule has 3 aromatic rings. The van der Waals surface area contributed by atoms with E-state index in [1.54, 1.807) is 12.5 Å². The molecule has 26 heavy (non-hydrogen) atoms. The van der Waals surface area contributed by atoms with Crippen molar-refractivity contribution in [2.45, 2.75) is 0 Å². The quantitative estimate of drug-likeness (QED) is 0.544. The van der Waals surface area contributed by atoms with Gasteiger partial charge in [0.1, 0.15) is 5.82 Å². The molecule has 0 aliphatic carbocycles. The van der Waals surface area contributed by atoms with Crippen LogP contribution in [0.2, 0.25) is 0 Å². The van der Waals surface area contributed by atoms with E-state index in [1.165, 1.54) is 5.69 Å². The lowest BCUT2D eigenvalue weighted by molar-refractivity contribution is 0.416. The summed E-state index contributed by atoms with van der Waals surface area (Å²) in [5.74, 6) is 0.808. The SMILES string of the molecule is CN(C)CCN(C)c1ccc(Nc2cc(-n3ccnc3)c(I)cn2)cc1. The van der Waals surface area contributed by atoms with Crippen molar-refractivity contribution >= 4 is 39.8 Å². The largest absolute Gasteiger partial charge is 0.373 e. The molecular formula is C19H23IN6. The molecule has 0 amide bonds. The number of pyridine rings is 1. The monoisotopic (exact) mass is 462 g/mol. The highest BCUT2D eigenvalue weighted by atomic mass is 127. The third kappa shape index (κ3) is 4.73. The Labute approximate surface area is 168 Å². The fourth-order valence-corrected chi connectivity index (χ4v) is 3.10. The van der Waals surface area contributed by atoms with E-state index in [-0.39, 0.29) is 0 Å². The normalized spacial score (nSPS) is 11.0. The van der Waals surface area contributed by atoms with Crippen molar-refractivity contribution in [1.29, 1.82) is 0 Å². The second-order valence-corrected chi connectivity index (χ2v) is 7.55. The average molecular weight is 462 g/mol. The molecule has 0 unspecified atom stereocenters. The zero-order chi connectivity index (χ0) is 18.5. The lowest BCUT2D eigenvalue weighted by atomic mass is 10.2. The molecular weight excluding hydrogens is 439 g/mol. The summed E-state index contributed by atoms with van der Waals surface area (Å²) in [6.07, 6.45) is 7.36. The number of rotatable bonds is 7. The first-order valence-electron chi connectivity index (χ1n) is 8.40. The predicted octanol–water partition coefficient (Wildman–Crippen LogP) is 3.61. The third-order valence-corrected chi connectivity index (χ3v) is 4.91. The van der Waals surface area contributed by atoms with E-state index in [1.807, 2.05) is 23.0 Å². The van der Waals surface area contributed by atoms with Crippen LogP contribution in [0.1, 0.15) is 0 Å². The van der Waals surface area contributed by atoms with Crippen molar-refractivity contribution in [1.82, 2.24) is 19.4 Å². The Balaban J connectivity index is 1.70.